The molecule has 4 aromatic rings. The lowest BCUT2D eigenvalue weighted by Crippen LogP contribution is -2.30. The maximum Gasteiger partial charge on any atom is 0.296 e. The van der Waals surface area contributed by atoms with Crippen LogP contribution < -0.4 is 9.64 Å². The lowest BCUT2D eigenvalue weighted by Gasteiger charge is -2.24. The smallest absolute Gasteiger partial charge is 0.296 e. The normalized spacial score (nSPS) is 15.9. The Bertz CT molecular complexity index is 1440. The molecule has 0 saturated carbocycles. The monoisotopic (exact) mass is 504 g/mol. The number of carbonyl (C=O) groups excluding carboxylic acids is 2. The summed E-state index contributed by atoms with van der Waals surface area (Å²) in [6, 6.07) is 15.9. The highest BCUT2D eigenvalue weighted by Gasteiger charge is 2.46. The van der Waals surface area contributed by atoms with Gasteiger partial charge >= 0.3 is 0 Å². The molecule has 0 radical (unpaired) electrons. The second-order valence-corrected chi connectivity index (χ2v) is 10.3. The number of thiazole rings is 1. The Morgan fingerprint density at radius 2 is 2.03 bits per heavy atom. The number of benzene rings is 2. The number of aliphatic hydroxyl groups excluding tert-OH is 1. The van der Waals surface area contributed by atoms with Gasteiger partial charge in [-0.05, 0) is 60.2 Å². The van der Waals surface area contributed by atoms with Gasteiger partial charge in [0.05, 0.1) is 33.3 Å². The van der Waals surface area contributed by atoms with E-state index in [-0.39, 0.29) is 11.4 Å². The summed E-state index contributed by atoms with van der Waals surface area (Å²) < 4.78 is 6.82. The summed E-state index contributed by atoms with van der Waals surface area (Å²) in [5, 5.41) is 13.2. The first-order chi connectivity index (χ1) is 17.0. The van der Waals surface area contributed by atoms with Crippen molar-refractivity contribution in [2.45, 2.75) is 32.7 Å². The zero-order valence-corrected chi connectivity index (χ0v) is 21.0. The molecule has 1 unspecified atom stereocenters. The first-order valence-corrected chi connectivity index (χ1v) is 13.1. The number of hydrogen-bond acceptors (Lipinski definition) is 7. The van der Waals surface area contributed by atoms with Gasteiger partial charge in [0.15, 0.2) is 10.9 Å². The number of ether oxygens (including phenoxy) is 1. The molecule has 1 atom stereocenters. The summed E-state index contributed by atoms with van der Waals surface area (Å²) in [4.78, 5) is 33.5. The molecule has 8 heteroatoms. The molecule has 0 spiro atoms. The minimum absolute atomic E-state index is 0.0543. The fourth-order valence-corrected chi connectivity index (χ4v) is 5.89. The summed E-state index contributed by atoms with van der Waals surface area (Å²) in [7, 11) is 0. The van der Waals surface area contributed by atoms with Crippen molar-refractivity contribution in [3.63, 3.8) is 0 Å². The summed E-state index contributed by atoms with van der Waals surface area (Å²) in [6.07, 6.45) is 1.93. The number of rotatable bonds is 8. The molecule has 5 rings (SSSR count). The van der Waals surface area contributed by atoms with E-state index in [9.17, 15) is 14.7 Å². The minimum atomic E-state index is -0.825. The highest BCUT2D eigenvalue weighted by Crippen LogP contribution is 2.45. The maximum absolute atomic E-state index is 13.5. The van der Waals surface area contributed by atoms with Gasteiger partial charge in [0.2, 0.25) is 5.78 Å². The SMILES string of the molecule is CCCCOc1cccc(C2C(C(=O)c3cccs3)=C(O)C(=O)N2c2nc3ccc(C)cc3s2)c1. The third-order valence-corrected chi connectivity index (χ3v) is 7.76. The topological polar surface area (TPSA) is 79.7 Å². The number of carbonyl (C=O) groups is 2. The van der Waals surface area contributed by atoms with Gasteiger partial charge in [-0.25, -0.2) is 4.98 Å². The van der Waals surface area contributed by atoms with Crippen molar-refractivity contribution in [3.05, 3.63) is 87.3 Å². The van der Waals surface area contributed by atoms with Crippen LogP contribution >= 0.6 is 22.7 Å². The predicted octanol–water partition coefficient (Wildman–Crippen LogP) is 6.63. The number of hydrogen-bond donors (Lipinski definition) is 1. The molecule has 1 amide bonds. The van der Waals surface area contributed by atoms with Gasteiger partial charge in [0.25, 0.3) is 5.91 Å². The molecule has 0 bridgehead atoms. The van der Waals surface area contributed by atoms with E-state index in [2.05, 4.69) is 11.9 Å². The van der Waals surface area contributed by atoms with Crippen LogP contribution in [-0.2, 0) is 4.79 Å². The van der Waals surface area contributed by atoms with Crippen LogP contribution in [0.15, 0.2) is 71.3 Å². The fourth-order valence-electron chi connectivity index (χ4n) is 4.12. The highest BCUT2D eigenvalue weighted by molar-refractivity contribution is 7.22. The number of anilines is 1. The van der Waals surface area contributed by atoms with Crippen LogP contribution in [0.2, 0.25) is 0 Å². The van der Waals surface area contributed by atoms with E-state index < -0.39 is 17.7 Å². The first-order valence-electron chi connectivity index (χ1n) is 11.4. The molecule has 1 aliphatic heterocycles. The van der Waals surface area contributed by atoms with Crippen molar-refractivity contribution in [1.29, 1.82) is 0 Å². The van der Waals surface area contributed by atoms with Gasteiger partial charge in [-0.1, -0.05) is 48.9 Å². The molecular formula is C27H24N2O4S2. The Morgan fingerprint density at radius 1 is 1.17 bits per heavy atom. The van der Waals surface area contributed by atoms with Crippen LogP contribution in [0.3, 0.4) is 0 Å². The molecule has 6 nitrogen and oxygen atoms in total. The summed E-state index contributed by atoms with van der Waals surface area (Å²) >= 11 is 2.64. The number of nitrogens with zero attached hydrogens (tertiary/aromatic N) is 2. The second-order valence-electron chi connectivity index (χ2n) is 8.39. The standard InChI is InChI=1S/C27H24N2O4S2/c1-3-4-12-33-18-8-5-7-17(15-18)23-22(24(30)20-9-6-13-34-20)25(31)26(32)29(23)27-28-19-11-10-16(2)14-21(19)35-27/h5-11,13-15,23,31H,3-4,12H2,1-2H3. The van der Waals surface area contributed by atoms with Crippen LogP contribution in [0.25, 0.3) is 10.2 Å². The summed E-state index contributed by atoms with van der Waals surface area (Å²) in [5.74, 6) is -0.894. The van der Waals surface area contributed by atoms with E-state index in [4.69, 9.17) is 4.74 Å². The van der Waals surface area contributed by atoms with Crippen molar-refractivity contribution < 1.29 is 19.4 Å². The van der Waals surface area contributed by atoms with Crippen molar-refractivity contribution in [2.75, 3.05) is 11.5 Å². The van der Waals surface area contributed by atoms with E-state index in [1.54, 1.807) is 17.5 Å². The molecule has 2 aromatic heterocycles. The van der Waals surface area contributed by atoms with E-state index >= 15 is 0 Å². The first kappa shape index (κ1) is 23.3. The number of aryl methyl sites for hydroxylation is 1. The van der Waals surface area contributed by atoms with Crippen molar-refractivity contribution in [1.82, 2.24) is 4.98 Å². The largest absolute Gasteiger partial charge is 0.503 e. The van der Waals surface area contributed by atoms with Crippen molar-refractivity contribution >= 4 is 49.7 Å². The van der Waals surface area contributed by atoms with Crippen LogP contribution in [0.5, 0.6) is 5.75 Å². The highest BCUT2D eigenvalue weighted by atomic mass is 32.1. The summed E-state index contributed by atoms with van der Waals surface area (Å²) in [6.45, 7) is 4.67. The third-order valence-electron chi connectivity index (χ3n) is 5.88. The van der Waals surface area contributed by atoms with Gasteiger partial charge < -0.3 is 9.84 Å². The van der Waals surface area contributed by atoms with Crippen LogP contribution in [0.1, 0.15) is 46.6 Å². The van der Waals surface area contributed by atoms with Crippen LogP contribution in [-0.4, -0.2) is 28.4 Å². The molecule has 2 aromatic carbocycles. The number of thiophene rings is 1. The average molecular weight is 505 g/mol. The number of fused-ring (bicyclic) bond motifs is 1. The van der Waals surface area contributed by atoms with Crippen molar-refractivity contribution in [2.24, 2.45) is 0 Å². The Labute approximate surface area is 211 Å². The average Bonchev–Trinajstić information content (AvgIpc) is 3.58. The maximum atomic E-state index is 13.5. The van der Waals surface area contributed by atoms with E-state index in [0.717, 1.165) is 28.6 Å². The van der Waals surface area contributed by atoms with Gasteiger partial charge in [0.1, 0.15) is 5.75 Å². The Morgan fingerprint density at radius 3 is 2.80 bits per heavy atom. The Balaban J connectivity index is 1.63. The number of ketones is 1. The number of Topliss-reactive ketones (excluding diaryl/α,β-unsaturated/α-hetero) is 1. The predicted molar refractivity (Wildman–Crippen MR) is 140 cm³/mol. The molecule has 1 N–H and O–H groups in total. The Hall–Kier alpha value is -3.49. The van der Waals surface area contributed by atoms with Gasteiger partial charge in [-0.2, -0.15) is 0 Å². The number of amides is 1. The zero-order valence-electron chi connectivity index (χ0n) is 19.4. The lowest BCUT2D eigenvalue weighted by atomic mass is 9.95. The van der Waals surface area contributed by atoms with E-state index in [0.29, 0.717) is 27.9 Å². The molecule has 3 heterocycles. The fraction of sp³-hybridized carbons (Fsp3) is 0.222. The number of aromatic nitrogens is 1. The van der Waals surface area contributed by atoms with E-state index in [1.165, 1.54) is 27.6 Å². The minimum Gasteiger partial charge on any atom is -0.503 e. The number of aliphatic hydroxyl groups is 1. The molecule has 178 valence electrons. The lowest BCUT2D eigenvalue weighted by molar-refractivity contribution is -0.117. The van der Waals surface area contributed by atoms with Gasteiger partial charge in [-0.15, -0.1) is 11.3 Å². The molecule has 1 aliphatic rings. The second kappa shape index (κ2) is 9.64. The summed E-state index contributed by atoms with van der Waals surface area (Å²) in [5.41, 5.74) is 2.57. The molecule has 0 aliphatic carbocycles. The molecular weight excluding hydrogens is 480 g/mol. The van der Waals surface area contributed by atoms with Crippen LogP contribution in [0.4, 0.5) is 5.13 Å². The molecule has 0 fully saturated rings. The molecule has 35 heavy (non-hydrogen) atoms. The van der Waals surface area contributed by atoms with Gasteiger partial charge in [0, 0.05) is 0 Å². The molecule has 0 saturated heterocycles. The zero-order chi connectivity index (χ0) is 24.5. The number of unbranched alkanes of at least 4 members (excludes halogenated alkanes) is 1. The van der Waals surface area contributed by atoms with Crippen LogP contribution in [0, 0.1) is 6.92 Å². The quantitative estimate of drug-likeness (QED) is 0.215. The van der Waals surface area contributed by atoms with Crippen molar-refractivity contribution in [3.8, 4) is 5.75 Å². The Kier molecular flexibility index (Phi) is 6.40. The van der Waals surface area contributed by atoms with Gasteiger partial charge in [-0.3, -0.25) is 14.5 Å². The van der Waals surface area contributed by atoms with E-state index in [1.807, 2.05) is 49.4 Å². The third kappa shape index (κ3) is 4.35.